The molecule has 2 rings (SSSR count). The first-order valence-electron chi connectivity index (χ1n) is 5.37. The van der Waals surface area contributed by atoms with Crippen molar-refractivity contribution in [1.82, 2.24) is 14.6 Å². The fourth-order valence-electron chi connectivity index (χ4n) is 1.40. The summed E-state index contributed by atoms with van der Waals surface area (Å²) in [5.41, 5.74) is 1.54. The predicted octanol–water partition coefficient (Wildman–Crippen LogP) is 2.82. The molecule has 2 aromatic heterocycles. The van der Waals surface area contributed by atoms with Crippen LogP contribution in [0.15, 0.2) is 16.6 Å². The Morgan fingerprint density at radius 1 is 1.50 bits per heavy atom. The van der Waals surface area contributed by atoms with Gasteiger partial charge in [0.05, 0.1) is 11.4 Å². The van der Waals surface area contributed by atoms with E-state index in [9.17, 15) is 4.79 Å². The minimum atomic E-state index is -0.212. The zero-order valence-electron chi connectivity index (χ0n) is 9.90. The normalized spacial score (nSPS) is 10.4. The second kappa shape index (κ2) is 5.53. The van der Waals surface area contributed by atoms with Crippen LogP contribution in [-0.4, -0.2) is 20.5 Å². The molecule has 0 radical (unpaired) electrons. The van der Waals surface area contributed by atoms with Crippen LogP contribution < -0.4 is 5.32 Å². The molecule has 1 amide bonds. The number of halogens is 1. The number of hydrogen-bond acceptors (Lipinski definition) is 5. The topological polar surface area (TPSA) is 67.8 Å². The van der Waals surface area contributed by atoms with Gasteiger partial charge in [0.25, 0.3) is 5.91 Å². The molecule has 1 N–H and O–H groups in total. The first-order valence-corrected chi connectivity index (χ1v) is 6.94. The van der Waals surface area contributed by atoms with Crippen molar-refractivity contribution >= 4 is 39.2 Å². The number of pyridine rings is 1. The first kappa shape index (κ1) is 13.1. The van der Waals surface area contributed by atoms with Gasteiger partial charge in [0.15, 0.2) is 0 Å². The van der Waals surface area contributed by atoms with Crippen LogP contribution in [-0.2, 0) is 6.42 Å². The molecule has 2 heterocycles. The second-order valence-corrected chi connectivity index (χ2v) is 5.23. The number of rotatable bonds is 3. The fraction of sp³-hybridized carbons (Fsp3) is 0.273. The Labute approximate surface area is 117 Å². The molecular weight excluding hydrogens is 316 g/mol. The first-order chi connectivity index (χ1) is 8.61. The molecule has 2 aromatic rings. The van der Waals surface area contributed by atoms with Crippen molar-refractivity contribution in [3.63, 3.8) is 0 Å². The molecular formula is C11H11BrN4OS. The lowest BCUT2D eigenvalue weighted by Gasteiger charge is -2.05. The lowest BCUT2D eigenvalue weighted by Crippen LogP contribution is -2.13. The average molecular weight is 327 g/mol. The number of aromatic nitrogens is 3. The van der Waals surface area contributed by atoms with E-state index < -0.39 is 0 Å². The number of nitrogens with zero attached hydrogens (tertiary/aromatic N) is 3. The number of amides is 1. The third-order valence-corrected chi connectivity index (χ3v) is 3.96. The molecule has 7 heteroatoms. The standard InChI is InChI=1S/C11H11BrN4OS/c1-3-8-10(18-16-15-8)11(17)14-9-5-4-7(12)6(2)13-9/h4-5H,3H2,1-2H3,(H,13,14,17). The number of carbonyl (C=O) groups excluding carboxylic acids is 1. The Morgan fingerprint density at radius 2 is 2.28 bits per heavy atom. The van der Waals surface area contributed by atoms with Crippen molar-refractivity contribution in [2.75, 3.05) is 5.32 Å². The number of carbonyl (C=O) groups is 1. The molecule has 5 nitrogen and oxygen atoms in total. The highest BCUT2D eigenvalue weighted by molar-refractivity contribution is 9.10. The summed E-state index contributed by atoms with van der Waals surface area (Å²) in [6.07, 6.45) is 0.687. The van der Waals surface area contributed by atoms with Gasteiger partial charge in [-0.3, -0.25) is 4.79 Å². The van der Waals surface area contributed by atoms with E-state index in [0.29, 0.717) is 22.8 Å². The summed E-state index contributed by atoms with van der Waals surface area (Å²) in [6.45, 7) is 3.81. The molecule has 0 aromatic carbocycles. The Morgan fingerprint density at radius 3 is 2.94 bits per heavy atom. The Bertz CT molecular complexity index is 584. The summed E-state index contributed by atoms with van der Waals surface area (Å²) >= 11 is 4.46. The van der Waals surface area contributed by atoms with Crippen molar-refractivity contribution in [2.24, 2.45) is 0 Å². The van der Waals surface area contributed by atoms with Gasteiger partial charge >= 0.3 is 0 Å². The van der Waals surface area contributed by atoms with Gasteiger partial charge in [-0.25, -0.2) is 4.98 Å². The second-order valence-electron chi connectivity index (χ2n) is 3.62. The van der Waals surface area contributed by atoms with Crippen LogP contribution >= 0.6 is 27.5 Å². The van der Waals surface area contributed by atoms with E-state index in [1.807, 2.05) is 19.9 Å². The quantitative estimate of drug-likeness (QED) is 0.941. The van der Waals surface area contributed by atoms with Crippen LogP contribution in [0, 0.1) is 6.92 Å². The molecule has 0 atom stereocenters. The summed E-state index contributed by atoms with van der Waals surface area (Å²) in [5, 5.41) is 6.66. The van der Waals surface area contributed by atoms with E-state index in [0.717, 1.165) is 21.7 Å². The predicted molar refractivity (Wildman–Crippen MR) is 73.9 cm³/mol. The van der Waals surface area contributed by atoms with E-state index in [-0.39, 0.29) is 5.91 Å². The number of hydrogen-bond donors (Lipinski definition) is 1. The van der Waals surface area contributed by atoms with E-state index in [1.165, 1.54) is 0 Å². The van der Waals surface area contributed by atoms with Gasteiger partial charge in [-0.15, -0.1) is 5.10 Å². The highest BCUT2D eigenvalue weighted by Crippen LogP contribution is 2.18. The summed E-state index contributed by atoms with van der Waals surface area (Å²) in [4.78, 5) is 16.8. The van der Waals surface area contributed by atoms with Crippen LogP contribution in [0.5, 0.6) is 0 Å². The third-order valence-electron chi connectivity index (χ3n) is 2.36. The minimum absolute atomic E-state index is 0.212. The van der Waals surface area contributed by atoms with Crippen molar-refractivity contribution < 1.29 is 4.79 Å². The molecule has 0 aliphatic rings. The van der Waals surface area contributed by atoms with Crippen LogP contribution in [0.1, 0.15) is 28.0 Å². The molecule has 0 aliphatic carbocycles. The maximum absolute atomic E-state index is 12.0. The molecule has 0 aliphatic heterocycles. The fourth-order valence-corrected chi connectivity index (χ4v) is 2.27. The summed E-state index contributed by atoms with van der Waals surface area (Å²) < 4.78 is 4.70. The van der Waals surface area contributed by atoms with Crippen molar-refractivity contribution in [2.45, 2.75) is 20.3 Å². The molecule has 0 saturated carbocycles. The summed E-state index contributed by atoms with van der Waals surface area (Å²) in [5.74, 6) is 0.312. The van der Waals surface area contributed by atoms with E-state index in [1.54, 1.807) is 6.07 Å². The van der Waals surface area contributed by atoms with Gasteiger partial charge in [-0.05, 0) is 52.9 Å². The SMILES string of the molecule is CCc1nnsc1C(=O)Nc1ccc(Br)c(C)n1. The molecule has 0 spiro atoms. The maximum atomic E-state index is 12.0. The lowest BCUT2D eigenvalue weighted by atomic mass is 10.3. The highest BCUT2D eigenvalue weighted by atomic mass is 79.9. The molecule has 18 heavy (non-hydrogen) atoms. The van der Waals surface area contributed by atoms with E-state index in [4.69, 9.17) is 0 Å². The zero-order valence-corrected chi connectivity index (χ0v) is 12.3. The minimum Gasteiger partial charge on any atom is -0.306 e. The van der Waals surface area contributed by atoms with Gasteiger partial charge in [-0.2, -0.15) is 0 Å². The van der Waals surface area contributed by atoms with Gasteiger partial charge in [0.1, 0.15) is 10.7 Å². The van der Waals surface area contributed by atoms with Gasteiger partial charge in [0.2, 0.25) is 0 Å². The molecule has 0 saturated heterocycles. The van der Waals surface area contributed by atoms with Gasteiger partial charge in [0, 0.05) is 4.47 Å². The van der Waals surface area contributed by atoms with Crippen LogP contribution in [0.4, 0.5) is 5.82 Å². The molecule has 0 fully saturated rings. The van der Waals surface area contributed by atoms with Crippen molar-refractivity contribution in [1.29, 1.82) is 0 Å². The van der Waals surface area contributed by atoms with Crippen LogP contribution in [0.2, 0.25) is 0 Å². The molecule has 0 unspecified atom stereocenters. The van der Waals surface area contributed by atoms with Gasteiger partial charge < -0.3 is 5.32 Å². The Balaban J connectivity index is 2.19. The monoisotopic (exact) mass is 326 g/mol. The van der Waals surface area contributed by atoms with E-state index in [2.05, 4.69) is 35.8 Å². The average Bonchev–Trinajstić information content (AvgIpc) is 2.82. The number of anilines is 1. The third kappa shape index (κ3) is 2.73. The summed E-state index contributed by atoms with van der Waals surface area (Å²) in [6, 6.07) is 3.60. The largest absolute Gasteiger partial charge is 0.306 e. The highest BCUT2D eigenvalue weighted by Gasteiger charge is 2.15. The van der Waals surface area contributed by atoms with Crippen LogP contribution in [0.25, 0.3) is 0 Å². The van der Waals surface area contributed by atoms with Crippen molar-refractivity contribution in [3.05, 3.63) is 32.9 Å². The lowest BCUT2D eigenvalue weighted by molar-refractivity contribution is 0.102. The van der Waals surface area contributed by atoms with Crippen molar-refractivity contribution in [3.8, 4) is 0 Å². The Kier molecular flexibility index (Phi) is 4.03. The smallest absolute Gasteiger partial charge is 0.270 e. The maximum Gasteiger partial charge on any atom is 0.270 e. The van der Waals surface area contributed by atoms with E-state index >= 15 is 0 Å². The van der Waals surface area contributed by atoms with Gasteiger partial charge in [-0.1, -0.05) is 11.4 Å². The Hall–Kier alpha value is -1.34. The number of aryl methyl sites for hydroxylation is 2. The molecule has 94 valence electrons. The van der Waals surface area contributed by atoms with Crippen LogP contribution in [0.3, 0.4) is 0 Å². The molecule has 0 bridgehead atoms. The summed E-state index contributed by atoms with van der Waals surface area (Å²) in [7, 11) is 0. The number of nitrogens with one attached hydrogen (secondary N) is 1. The zero-order chi connectivity index (χ0) is 13.1.